The van der Waals surface area contributed by atoms with Crippen molar-refractivity contribution in [1.29, 1.82) is 0 Å². The Balaban J connectivity index is 2.13. The molecule has 1 fully saturated rings. The molecule has 0 atom stereocenters. The average molecular weight is 314 g/mol. The number of hydrogen-bond donors (Lipinski definition) is 1. The average Bonchev–Trinajstić information content (AvgIpc) is 3.19. The monoisotopic (exact) mass is 313 g/mol. The van der Waals surface area contributed by atoms with E-state index in [4.69, 9.17) is 32.5 Å². The van der Waals surface area contributed by atoms with E-state index in [1.165, 1.54) is 0 Å². The largest absolute Gasteiger partial charge is 0.497 e. The van der Waals surface area contributed by atoms with E-state index in [9.17, 15) is 5.11 Å². The van der Waals surface area contributed by atoms with Crippen LogP contribution in [0, 0.1) is 0 Å². The van der Waals surface area contributed by atoms with Gasteiger partial charge in [-0.2, -0.15) is 0 Å². The molecule has 1 saturated carbocycles. The third-order valence-corrected chi connectivity index (χ3v) is 4.01. The molecule has 1 heterocycles. The first-order valence-electron chi connectivity index (χ1n) is 6.28. The first-order valence-corrected chi connectivity index (χ1v) is 7.04. The number of aliphatic hydroxyl groups excluding tert-OH is 1. The van der Waals surface area contributed by atoms with Crippen LogP contribution >= 0.6 is 23.2 Å². The van der Waals surface area contributed by atoms with Crippen LogP contribution in [0.4, 0.5) is 0 Å². The zero-order valence-corrected chi connectivity index (χ0v) is 12.3. The number of nitrogens with zero attached hydrogens (tertiary/aromatic N) is 1. The Morgan fingerprint density at radius 2 is 2.00 bits per heavy atom. The van der Waals surface area contributed by atoms with Crippen LogP contribution in [0.3, 0.4) is 0 Å². The maximum Gasteiger partial charge on any atom is 0.145 e. The van der Waals surface area contributed by atoms with Crippen molar-refractivity contribution < 1.29 is 14.4 Å². The lowest BCUT2D eigenvalue weighted by molar-refractivity contribution is 0.277. The number of aliphatic hydroxyl groups is 1. The molecule has 0 saturated heterocycles. The fraction of sp³-hybridized carbons (Fsp3) is 0.357. The summed E-state index contributed by atoms with van der Waals surface area (Å²) in [5.41, 5.74) is 1.74. The molecule has 1 aliphatic carbocycles. The second-order valence-corrected chi connectivity index (χ2v) is 5.59. The highest BCUT2D eigenvalue weighted by atomic mass is 35.5. The van der Waals surface area contributed by atoms with Crippen LogP contribution in [0.1, 0.15) is 30.1 Å². The van der Waals surface area contributed by atoms with Crippen molar-refractivity contribution in [1.82, 2.24) is 5.16 Å². The topological polar surface area (TPSA) is 55.5 Å². The second kappa shape index (κ2) is 5.28. The summed E-state index contributed by atoms with van der Waals surface area (Å²) in [5.74, 6) is 1.67. The zero-order valence-electron chi connectivity index (χ0n) is 10.8. The smallest absolute Gasteiger partial charge is 0.145 e. The summed E-state index contributed by atoms with van der Waals surface area (Å²) in [7, 11) is 1.54. The second-order valence-electron chi connectivity index (χ2n) is 4.77. The third-order valence-electron chi connectivity index (χ3n) is 3.41. The van der Waals surface area contributed by atoms with Gasteiger partial charge in [0, 0.05) is 17.0 Å². The van der Waals surface area contributed by atoms with Gasteiger partial charge in [0.15, 0.2) is 0 Å². The van der Waals surface area contributed by atoms with Gasteiger partial charge in [0.1, 0.15) is 17.2 Å². The number of hydrogen-bond acceptors (Lipinski definition) is 4. The van der Waals surface area contributed by atoms with Crippen molar-refractivity contribution in [3.05, 3.63) is 33.5 Å². The minimum absolute atomic E-state index is 0.149. The van der Waals surface area contributed by atoms with Crippen molar-refractivity contribution in [2.75, 3.05) is 7.11 Å². The molecule has 0 unspecified atom stereocenters. The molecule has 20 heavy (non-hydrogen) atoms. The Bertz CT molecular complexity index is 627. The predicted molar refractivity (Wildman–Crippen MR) is 76.4 cm³/mol. The summed E-state index contributed by atoms with van der Waals surface area (Å²) in [5, 5.41) is 14.5. The van der Waals surface area contributed by atoms with Gasteiger partial charge in [-0.1, -0.05) is 28.4 Å². The lowest BCUT2D eigenvalue weighted by Crippen LogP contribution is -1.93. The molecule has 1 aromatic heterocycles. The third kappa shape index (κ3) is 2.28. The molecular formula is C14H13Cl2NO3. The molecule has 1 aliphatic rings. The van der Waals surface area contributed by atoms with Crippen LogP contribution in [-0.4, -0.2) is 17.4 Å². The number of halogens is 2. The summed E-state index contributed by atoms with van der Waals surface area (Å²) in [4.78, 5) is 0. The van der Waals surface area contributed by atoms with Gasteiger partial charge >= 0.3 is 0 Å². The molecule has 6 heteroatoms. The van der Waals surface area contributed by atoms with Gasteiger partial charge < -0.3 is 14.4 Å². The fourth-order valence-electron chi connectivity index (χ4n) is 2.23. The van der Waals surface area contributed by atoms with Crippen molar-refractivity contribution >= 4 is 23.2 Å². The van der Waals surface area contributed by atoms with Crippen LogP contribution in [0.5, 0.6) is 5.75 Å². The molecule has 2 aromatic rings. The van der Waals surface area contributed by atoms with Crippen molar-refractivity contribution in [2.45, 2.75) is 25.4 Å². The number of ether oxygens (including phenoxy) is 1. The van der Waals surface area contributed by atoms with E-state index in [1.54, 1.807) is 19.2 Å². The van der Waals surface area contributed by atoms with Crippen LogP contribution in [0.2, 0.25) is 10.0 Å². The van der Waals surface area contributed by atoms with Crippen LogP contribution in [0.25, 0.3) is 11.3 Å². The number of benzene rings is 1. The van der Waals surface area contributed by atoms with Gasteiger partial charge in [-0.3, -0.25) is 0 Å². The van der Waals surface area contributed by atoms with Gasteiger partial charge in [-0.15, -0.1) is 0 Å². The molecule has 1 N–H and O–H groups in total. The lowest BCUT2D eigenvalue weighted by Gasteiger charge is -2.08. The highest BCUT2D eigenvalue weighted by Crippen LogP contribution is 2.46. The Morgan fingerprint density at radius 3 is 2.50 bits per heavy atom. The number of methoxy groups -OCH3 is 1. The summed E-state index contributed by atoms with van der Waals surface area (Å²) in [6.45, 7) is -0.149. The van der Waals surface area contributed by atoms with E-state index in [2.05, 4.69) is 5.16 Å². The summed E-state index contributed by atoms with van der Waals surface area (Å²) in [6.07, 6.45) is 2.12. The maximum atomic E-state index is 9.60. The van der Waals surface area contributed by atoms with E-state index in [0.717, 1.165) is 18.6 Å². The Kier molecular flexibility index (Phi) is 3.63. The summed E-state index contributed by atoms with van der Waals surface area (Å²) in [6, 6.07) is 3.32. The van der Waals surface area contributed by atoms with E-state index < -0.39 is 0 Å². The molecule has 0 aliphatic heterocycles. The van der Waals surface area contributed by atoms with Gasteiger partial charge in [0.05, 0.1) is 23.8 Å². The quantitative estimate of drug-likeness (QED) is 0.926. The molecule has 4 nitrogen and oxygen atoms in total. The molecule has 1 aromatic carbocycles. The SMILES string of the molecule is COc1cc(Cl)c(-c2noc(C3CC3)c2CO)c(Cl)c1. The molecular weight excluding hydrogens is 301 g/mol. The van der Waals surface area contributed by atoms with Gasteiger partial charge in [0.25, 0.3) is 0 Å². The number of rotatable bonds is 4. The summed E-state index contributed by atoms with van der Waals surface area (Å²) >= 11 is 12.5. The lowest BCUT2D eigenvalue weighted by atomic mass is 10.0. The molecule has 0 amide bonds. The highest BCUT2D eigenvalue weighted by molar-refractivity contribution is 6.39. The standard InChI is InChI=1S/C14H13Cl2NO3/c1-19-8-4-10(15)12(11(16)5-8)13-9(6-18)14(20-17-13)7-2-3-7/h4-5,7,18H,2-3,6H2,1H3. The van der Waals surface area contributed by atoms with E-state index in [0.29, 0.717) is 38.5 Å². The first kappa shape index (κ1) is 13.7. The zero-order chi connectivity index (χ0) is 14.3. The molecule has 0 bridgehead atoms. The highest BCUT2D eigenvalue weighted by Gasteiger charge is 2.33. The molecule has 106 valence electrons. The first-order chi connectivity index (χ1) is 9.65. The Labute approximate surface area is 126 Å². The van der Waals surface area contributed by atoms with E-state index in [1.807, 2.05) is 0 Å². The molecule has 0 spiro atoms. The van der Waals surface area contributed by atoms with Gasteiger partial charge in [-0.05, 0) is 25.0 Å². The predicted octanol–water partition coefficient (Wildman–Crippen LogP) is 4.03. The minimum atomic E-state index is -0.149. The van der Waals surface area contributed by atoms with Crippen LogP contribution in [0.15, 0.2) is 16.7 Å². The molecule has 3 rings (SSSR count). The Hall–Kier alpha value is -1.23. The fourth-order valence-corrected chi connectivity index (χ4v) is 2.88. The van der Waals surface area contributed by atoms with Gasteiger partial charge in [0.2, 0.25) is 0 Å². The maximum absolute atomic E-state index is 9.60. The summed E-state index contributed by atoms with van der Waals surface area (Å²) < 4.78 is 10.5. The van der Waals surface area contributed by atoms with Crippen molar-refractivity contribution in [3.63, 3.8) is 0 Å². The van der Waals surface area contributed by atoms with Crippen molar-refractivity contribution in [3.8, 4) is 17.0 Å². The minimum Gasteiger partial charge on any atom is -0.497 e. The van der Waals surface area contributed by atoms with E-state index >= 15 is 0 Å². The Morgan fingerprint density at radius 1 is 1.35 bits per heavy atom. The molecule has 0 radical (unpaired) electrons. The van der Waals surface area contributed by atoms with Gasteiger partial charge in [-0.25, -0.2) is 0 Å². The van der Waals surface area contributed by atoms with Crippen molar-refractivity contribution in [2.24, 2.45) is 0 Å². The van der Waals surface area contributed by atoms with Crippen LogP contribution < -0.4 is 4.74 Å². The van der Waals surface area contributed by atoms with E-state index in [-0.39, 0.29) is 6.61 Å². The van der Waals surface area contributed by atoms with Crippen LogP contribution in [-0.2, 0) is 6.61 Å². The normalized spacial score (nSPS) is 14.6. The number of aromatic nitrogens is 1.